The SMILES string of the molecule is CCS(=O)(=O)NCc1ccc(C(=O)NC)cc1. The first-order chi connectivity index (χ1) is 7.98. The van der Waals surface area contributed by atoms with Gasteiger partial charge in [-0.15, -0.1) is 0 Å². The van der Waals surface area contributed by atoms with E-state index in [0.29, 0.717) is 5.56 Å². The molecule has 0 heterocycles. The van der Waals surface area contributed by atoms with Crippen LogP contribution in [0.4, 0.5) is 0 Å². The summed E-state index contributed by atoms with van der Waals surface area (Å²) in [7, 11) is -1.62. The summed E-state index contributed by atoms with van der Waals surface area (Å²) in [6, 6.07) is 6.77. The molecule has 94 valence electrons. The molecule has 0 aromatic heterocycles. The molecule has 6 heteroatoms. The van der Waals surface area contributed by atoms with E-state index in [4.69, 9.17) is 0 Å². The smallest absolute Gasteiger partial charge is 0.251 e. The third kappa shape index (κ3) is 4.16. The lowest BCUT2D eigenvalue weighted by atomic mass is 10.1. The van der Waals surface area contributed by atoms with Crippen LogP contribution in [-0.4, -0.2) is 27.1 Å². The van der Waals surface area contributed by atoms with E-state index < -0.39 is 10.0 Å². The number of carbonyl (C=O) groups is 1. The first-order valence-electron chi connectivity index (χ1n) is 5.27. The van der Waals surface area contributed by atoms with Crippen LogP contribution in [0.15, 0.2) is 24.3 Å². The van der Waals surface area contributed by atoms with Crippen LogP contribution in [0, 0.1) is 0 Å². The topological polar surface area (TPSA) is 75.3 Å². The summed E-state index contributed by atoms with van der Waals surface area (Å²) in [5.74, 6) is -0.103. The number of hydrogen-bond donors (Lipinski definition) is 2. The molecule has 0 aliphatic rings. The molecule has 1 rings (SSSR count). The second kappa shape index (κ2) is 5.79. The van der Waals surface area contributed by atoms with Gasteiger partial charge >= 0.3 is 0 Å². The average Bonchev–Trinajstić information content (AvgIpc) is 2.36. The van der Waals surface area contributed by atoms with Gasteiger partial charge < -0.3 is 5.32 Å². The quantitative estimate of drug-likeness (QED) is 0.805. The summed E-state index contributed by atoms with van der Waals surface area (Å²) in [5, 5.41) is 2.52. The summed E-state index contributed by atoms with van der Waals surface area (Å²) in [5.41, 5.74) is 1.37. The number of rotatable bonds is 5. The van der Waals surface area contributed by atoms with Crippen LogP contribution in [0.2, 0.25) is 0 Å². The van der Waals surface area contributed by atoms with E-state index in [1.165, 1.54) is 0 Å². The maximum atomic E-state index is 11.3. The van der Waals surface area contributed by atoms with Crippen molar-refractivity contribution in [2.45, 2.75) is 13.5 Å². The highest BCUT2D eigenvalue weighted by atomic mass is 32.2. The van der Waals surface area contributed by atoms with Gasteiger partial charge in [-0.1, -0.05) is 12.1 Å². The van der Waals surface area contributed by atoms with Crippen LogP contribution < -0.4 is 10.0 Å². The molecule has 0 aliphatic carbocycles. The van der Waals surface area contributed by atoms with E-state index in [-0.39, 0.29) is 18.2 Å². The lowest BCUT2D eigenvalue weighted by molar-refractivity contribution is 0.0963. The Morgan fingerprint density at radius 3 is 2.29 bits per heavy atom. The lowest BCUT2D eigenvalue weighted by Gasteiger charge is -2.05. The summed E-state index contributed by atoms with van der Waals surface area (Å²) in [6.07, 6.45) is 0. The zero-order valence-electron chi connectivity index (χ0n) is 9.86. The van der Waals surface area contributed by atoms with E-state index in [1.54, 1.807) is 38.2 Å². The Bertz CT molecular complexity index is 480. The number of benzene rings is 1. The second-order valence-corrected chi connectivity index (χ2v) is 5.60. The summed E-state index contributed by atoms with van der Waals surface area (Å²) in [6.45, 7) is 1.82. The van der Waals surface area contributed by atoms with Crippen LogP contribution in [0.25, 0.3) is 0 Å². The Labute approximate surface area is 101 Å². The van der Waals surface area contributed by atoms with E-state index in [0.717, 1.165) is 5.56 Å². The summed E-state index contributed by atoms with van der Waals surface area (Å²) < 4.78 is 24.9. The lowest BCUT2D eigenvalue weighted by Crippen LogP contribution is -2.24. The molecule has 0 aliphatic heterocycles. The van der Waals surface area contributed by atoms with Gasteiger partial charge in [0.25, 0.3) is 5.91 Å². The second-order valence-electron chi connectivity index (χ2n) is 3.50. The van der Waals surface area contributed by atoms with Crippen molar-refractivity contribution in [1.29, 1.82) is 0 Å². The van der Waals surface area contributed by atoms with Gasteiger partial charge in [-0.2, -0.15) is 0 Å². The molecule has 2 N–H and O–H groups in total. The highest BCUT2D eigenvalue weighted by molar-refractivity contribution is 7.89. The van der Waals surface area contributed by atoms with Crippen LogP contribution >= 0.6 is 0 Å². The predicted octanol–water partition coefficient (Wildman–Crippen LogP) is 0.485. The van der Waals surface area contributed by atoms with Gasteiger partial charge in [-0.25, -0.2) is 13.1 Å². The molecular formula is C11H16N2O3S. The molecule has 0 fully saturated rings. The largest absolute Gasteiger partial charge is 0.355 e. The fourth-order valence-electron chi connectivity index (χ4n) is 1.21. The summed E-state index contributed by atoms with van der Waals surface area (Å²) in [4.78, 5) is 11.3. The van der Waals surface area contributed by atoms with E-state index in [9.17, 15) is 13.2 Å². The molecule has 0 bridgehead atoms. The molecular weight excluding hydrogens is 240 g/mol. The third-order valence-electron chi connectivity index (χ3n) is 2.32. The molecule has 0 saturated heterocycles. The van der Waals surface area contributed by atoms with Crippen LogP contribution in [0.3, 0.4) is 0 Å². The average molecular weight is 256 g/mol. The van der Waals surface area contributed by atoms with Gasteiger partial charge in [0.2, 0.25) is 10.0 Å². The molecule has 0 radical (unpaired) electrons. The van der Waals surface area contributed by atoms with Crippen molar-refractivity contribution >= 4 is 15.9 Å². The fraction of sp³-hybridized carbons (Fsp3) is 0.364. The highest BCUT2D eigenvalue weighted by Crippen LogP contribution is 2.04. The third-order valence-corrected chi connectivity index (χ3v) is 3.66. The minimum absolute atomic E-state index is 0.0589. The van der Waals surface area contributed by atoms with Crippen LogP contribution in [-0.2, 0) is 16.6 Å². The molecule has 17 heavy (non-hydrogen) atoms. The van der Waals surface area contributed by atoms with Crippen LogP contribution in [0.1, 0.15) is 22.8 Å². The van der Waals surface area contributed by atoms with Crippen LogP contribution in [0.5, 0.6) is 0 Å². The Hall–Kier alpha value is -1.40. The van der Waals surface area contributed by atoms with Crippen molar-refractivity contribution in [2.75, 3.05) is 12.8 Å². The fourth-order valence-corrected chi connectivity index (χ4v) is 1.80. The van der Waals surface area contributed by atoms with Crippen molar-refractivity contribution in [3.8, 4) is 0 Å². The predicted molar refractivity (Wildman–Crippen MR) is 66.1 cm³/mol. The molecule has 1 aromatic carbocycles. The molecule has 5 nitrogen and oxygen atoms in total. The Morgan fingerprint density at radius 2 is 1.82 bits per heavy atom. The van der Waals surface area contributed by atoms with E-state index in [1.807, 2.05) is 0 Å². The molecule has 0 atom stereocenters. The van der Waals surface area contributed by atoms with Gasteiger partial charge in [-0.05, 0) is 24.6 Å². The minimum Gasteiger partial charge on any atom is -0.355 e. The molecule has 0 unspecified atom stereocenters. The zero-order valence-corrected chi connectivity index (χ0v) is 10.7. The first-order valence-corrected chi connectivity index (χ1v) is 6.92. The summed E-state index contributed by atoms with van der Waals surface area (Å²) >= 11 is 0. The number of sulfonamides is 1. The normalized spacial score (nSPS) is 11.2. The van der Waals surface area contributed by atoms with Crippen molar-refractivity contribution in [3.63, 3.8) is 0 Å². The molecule has 0 saturated carbocycles. The minimum atomic E-state index is -3.18. The van der Waals surface area contributed by atoms with Gasteiger partial charge in [0.15, 0.2) is 0 Å². The highest BCUT2D eigenvalue weighted by Gasteiger charge is 2.06. The van der Waals surface area contributed by atoms with Gasteiger partial charge in [-0.3, -0.25) is 4.79 Å². The maximum absolute atomic E-state index is 11.3. The van der Waals surface area contributed by atoms with E-state index >= 15 is 0 Å². The number of hydrogen-bond acceptors (Lipinski definition) is 3. The molecule has 1 amide bonds. The Balaban J connectivity index is 2.66. The van der Waals surface area contributed by atoms with Crippen molar-refractivity contribution in [1.82, 2.24) is 10.0 Å². The van der Waals surface area contributed by atoms with Crippen molar-refractivity contribution in [3.05, 3.63) is 35.4 Å². The number of nitrogens with one attached hydrogen (secondary N) is 2. The van der Waals surface area contributed by atoms with Gasteiger partial charge in [0, 0.05) is 19.2 Å². The standard InChI is InChI=1S/C11H16N2O3S/c1-3-17(15,16)13-8-9-4-6-10(7-5-9)11(14)12-2/h4-7,13H,3,8H2,1-2H3,(H,12,14). The van der Waals surface area contributed by atoms with Gasteiger partial charge in [0.05, 0.1) is 5.75 Å². The zero-order chi connectivity index (χ0) is 12.9. The maximum Gasteiger partial charge on any atom is 0.251 e. The molecule has 1 aromatic rings. The number of carbonyl (C=O) groups excluding carboxylic acids is 1. The Morgan fingerprint density at radius 1 is 1.24 bits per heavy atom. The monoisotopic (exact) mass is 256 g/mol. The Kier molecular flexibility index (Phi) is 4.65. The van der Waals surface area contributed by atoms with Crippen molar-refractivity contribution in [2.24, 2.45) is 0 Å². The van der Waals surface area contributed by atoms with Crippen molar-refractivity contribution < 1.29 is 13.2 Å². The first kappa shape index (κ1) is 13.7. The number of amides is 1. The molecule has 0 spiro atoms. The van der Waals surface area contributed by atoms with Gasteiger partial charge in [0.1, 0.15) is 0 Å². The van der Waals surface area contributed by atoms with E-state index in [2.05, 4.69) is 10.0 Å².